The number of anilines is 3. The molecule has 0 atom stereocenters. The van der Waals surface area contributed by atoms with Crippen molar-refractivity contribution in [2.45, 2.75) is 13.5 Å². The van der Waals surface area contributed by atoms with Crippen LogP contribution in [-0.2, 0) is 16.2 Å². The third-order valence-electron chi connectivity index (χ3n) is 6.92. The van der Waals surface area contributed by atoms with Crippen molar-refractivity contribution in [3.8, 4) is 5.75 Å². The van der Waals surface area contributed by atoms with Gasteiger partial charge >= 0.3 is 6.03 Å². The molecular formula is C33H28BrCl2N7O4. The van der Waals surface area contributed by atoms with Crippen LogP contribution in [0.15, 0.2) is 89.9 Å². The number of amides is 4. The quantitative estimate of drug-likeness (QED) is 0.131. The minimum atomic E-state index is -0.462. The first kappa shape index (κ1) is 33.5. The largest absolute Gasteiger partial charge is 0.485 e. The Kier molecular flexibility index (Phi) is 10.8. The minimum absolute atomic E-state index is 0.0356. The van der Waals surface area contributed by atoms with Gasteiger partial charge in [0.2, 0.25) is 11.8 Å². The summed E-state index contributed by atoms with van der Waals surface area (Å²) in [5.41, 5.74) is 4.20. The van der Waals surface area contributed by atoms with Gasteiger partial charge in [0.05, 0.1) is 34.8 Å². The number of fused-ring (bicyclic) bond motifs is 1. The number of urea groups is 1. The lowest BCUT2D eigenvalue weighted by molar-refractivity contribution is -0.122. The van der Waals surface area contributed by atoms with Crippen LogP contribution in [-0.4, -0.2) is 45.8 Å². The van der Waals surface area contributed by atoms with Gasteiger partial charge in [-0.05, 0) is 83.0 Å². The smallest absolute Gasteiger partial charge is 0.323 e. The number of hydrogen-bond acceptors (Lipinski definition) is 6. The van der Waals surface area contributed by atoms with Gasteiger partial charge in [-0.25, -0.2) is 9.78 Å². The number of aromatic nitrogens is 3. The highest BCUT2D eigenvalue weighted by molar-refractivity contribution is 9.10. The third kappa shape index (κ3) is 8.28. The number of benzene rings is 2. The Hall–Kier alpha value is -4.91. The first-order valence-electron chi connectivity index (χ1n) is 14.1. The maximum absolute atomic E-state index is 13.0. The number of hydrogen-bond donors (Lipinski definition) is 3. The van der Waals surface area contributed by atoms with Crippen LogP contribution in [0.3, 0.4) is 0 Å². The number of carbonyl (C=O) groups is 3. The summed E-state index contributed by atoms with van der Waals surface area (Å²) in [4.78, 5) is 47.4. The fourth-order valence-corrected chi connectivity index (χ4v) is 5.40. The van der Waals surface area contributed by atoms with Gasteiger partial charge in [-0.1, -0.05) is 35.3 Å². The molecule has 0 aliphatic heterocycles. The number of rotatable bonds is 10. The van der Waals surface area contributed by atoms with Crippen molar-refractivity contribution >= 4 is 85.8 Å². The second kappa shape index (κ2) is 15.1. The number of halogens is 3. The lowest BCUT2D eigenvalue weighted by atomic mass is 10.2. The van der Waals surface area contributed by atoms with Crippen LogP contribution in [0.5, 0.6) is 5.75 Å². The van der Waals surface area contributed by atoms with Gasteiger partial charge in [0.25, 0.3) is 0 Å². The zero-order chi connectivity index (χ0) is 33.5. The Bertz CT molecular complexity index is 1970. The Balaban J connectivity index is 1.14. The van der Waals surface area contributed by atoms with Crippen molar-refractivity contribution < 1.29 is 19.1 Å². The first-order chi connectivity index (χ1) is 22.6. The maximum Gasteiger partial charge on any atom is 0.323 e. The van der Waals surface area contributed by atoms with Gasteiger partial charge in [-0.3, -0.25) is 19.0 Å². The van der Waals surface area contributed by atoms with E-state index < -0.39 is 17.8 Å². The molecule has 0 bridgehead atoms. The van der Waals surface area contributed by atoms with E-state index in [9.17, 15) is 14.4 Å². The maximum atomic E-state index is 13.0. The normalized spacial score (nSPS) is 11.0. The van der Waals surface area contributed by atoms with E-state index in [1.165, 1.54) is 17.2 Å². The molecule has 5 rings (SSSR count). The third-order valence-corrected chi connectivity index (χ3v) is 8.65. The predicted molar refractivity (Wildman–Crippen MR) is 187 cm³/mol. The highest BCUT2D eigenvalue weighted by atomic mass is 79.9. The Morgan fingerprint density at radius 2 is 1.79 bits per heavy atom. The number of ether oxygens (including phenoxy) is 1. The van der Waals surface area contributed by atoms with Crippen LogP contribution in [0.1, 0.15) is 16.8 Å². The topological polar surface area (TPSA) is 130 Å². The summed E-state index contributed by atoms with van der Waals surface area (Å²) in [5, 5.41) is 8.61. The molecule has 3 heterocycles. The number of carbonyl (C=O) groups excluding carboxylic acids is 3. The van der Waals surface area contributed by atoms with Crippen molar-refractivity contribution in [3.63, 3.8) is 0 Å². The van der Waals surface area contributed by atoms with Crippen molar-refractivity contribution in [1.29, 1.82) is 0 Å². The summed E-state index contributed by atoms with van der Waals surface area (Å²) in [5.74, 6) is -0.322. The van der Waals surface area contributed by atoms with Crippen LogP contribution in [0, 0.1) is 6.92 Å². The number of likely N-dealkylation sites (N-methyl/N-ethyl adjacent to an activating group) is 1. The van der Waals surface area contributed by atoms with E-state index in [0.29, 0.717) is 39.0 Å². The lowest BCUT2D eigenvalue weighted by Gasteiger charge is -2.21. The second-order valence-corrected chi connectivity index (χ2v) is 11.7. The van der Waals surface area contributed by atoms with Crippen molar-refractivity contribution in [2.24, 2.45) is 0 Å². The fraction of sp³-hybridized carbons (Fsp3) is 0.121. The number of imidazole rings is 1. The predicted octanol–water partition coefficient (Wildman–Crippen LogP) is 7.12. The van der Waals surface area contributed by atoms with E-state index in [0.717, 1.165) is 15.9 Å². The molecule has 47 heavy (non-hydrogen) atoms. The molecule has 14 heteroatoms. The number of nitrogens with zero attached hydrogens (tertiary/aromatic N) is 4. The second-order valence-electron chi connectivity index (χ2n) is 10.1. The SMILES string of the molecule is Cc1nc2c(OCc3c(Cl)ccc(N(C)C(=O)CNC(=O)/C=C/c4ccc(NC(=O)Nc5cccnc5)cc4)c3Cl)cccn2c1Br. The summed E-state index contributed by atoms with van der Waals surface area (Å²) < 4.78 is 8.74. The van der Waals surface area contributed by atoms with E-state index in [1.807, 2.05) is 23.6 Å². The molecule has 4 amide bonds. The minimum Gasteiger partial charge on any atom is -0.485 e. The molecule has 3 aromatic heterocycles. The number of nitrogens with one attached hydrogen (secondary N) is 3. The van der Waals surface area contributed by atoms with Gasteiger partial charge in [0.15, 0.2) is 11.4 Å². The van der Waals surface area contributed by atoms with Crippen LogP contribution in [0.4, 0.5) is 21.9 Å². The molecule has 0 saturated heterocycles. The molecule has 0 fully saturated rings. The molecule has 240 valence electrons. The Labute approximate surface area is 288 Å². The molecule has 0 unspecified atom stereocenters. The average molecular weight is 737 g/mol. The summed E-state index contributed by atoms with van der Waals surface area (Å²) in [6, 6.07) is 16.8. The molecule has 0 aliphatic rings. The molecular weight excluding hydrogens is 709 g/mol. The van der Waals surface area contributed by atoms with E-state index >= 15 is 0 Å². The Morgan fingerprint density at radius 1 is 1.02 bits per heavy atom. The molecule has 5 aromatic rings. The highest BCUT2D eigenvalue weighted by Gasteiger charge is 2.20. The van der Waals surface area contributed by atoms with Crippen molar-refractivity contribution in [2.75, 3.05) is 29.1 Å². The molecule has 0 aliphatic carbocycles. The van der Waals surface area contributed by atoms with Crippen molar-refractivity contribution in [1.82, 2.24) is 19.7 Å². The molecule has 0 spiro atoms. The van der Waals surface area contributed by atoms with E-state index in [-0.39, 0.29) is 18.2 Å². The van der Waals surface area contributed by atoms with Crippen LogP contribution in [0.2, 0.25) is 10.0 Å². The highest BCUT2D eigenvalue weighted by Crippen LogP contribution is 2.35. The summed E-state index contributed by atoms with van der Waals surface area (Å²) in [6.07, 6.45) is 7.93. The average Bonchev–Trinajstić information content (AvgIpc) is 3.36. The van der Waals surface area contributed by atoms with Gasteiger partial charge in [0, 0.05) is 41.8 Å². The zero-order valence-electron chi connectivity index (χ0n) is 25.1. The molecule has 2 aromatic carbocycles. The van der Waals surface area contributed by atoms with E-state index in [2.05, 4.69) is 41.8 Å². The summed E-state index contributed by atoms with van der Waals surface area (Å²) in [6.45, 7) is 1.65. The standard InChI is InChI=1S/C33H28BrCl2N7O4/c1-20-31(34)43-16-4-6-27(32(43)39-20)47-19-24-25(35)12-13-26(30(24)36)42(2)29(45)18-38-28(44)14-9-21-7-10-22(11-8-21)40-33(46)41-23-5-3-15-37-17-23/h3-17H,18-19H2,1-2H3,(H,38,44)(H2,40,41,46)/b14-9+. The van der Waals surface area contributed by atoms with Crippen LogP contribution < -0.4 is 25.6 Å². The molecule has 11 nitrogen and oxygen atoms in total. The van der Waals surface area contributed by atoms with Gasteiger partial charge < -0.3 is 25.6 Å². The van der Waals surface area contributed by atoms with Crippen LogP contribution >= 0.6 is 39.1 Å². The monoisotopic (exact) mass is 735 g/mol. The molecule has 0 radical (unpaired) electrons. The summed E-state index contributed by atoms with van der Waals surface area (Å²) in [7, 11) is 1.56. The van der Waals surface area contributed by atoms with E-state index in [4.69, 9.17) is 27.9 Å². The fourth-order valence-electron chi connectivity index (χ4n) is 4.42. The lowest BCUT2D eigenvalue weighted by Crippen LogP contribution is -2.37. The number of pyridine rings is 2. The van der Waals surface area contributed by atoms with Gasteiger partial charge in [-0.2, -0.15) is 0 Å². The zero-order valence-corrected chi connectivity index (χ0v) is 28.2. The van der Waals surface area contributed by atoms with E-state index in [1.54, 1.807) is 73.9 Å². The summed E-state index contributed by atoms with van der Waals surface area (Å²) >= 11 is 16.7. The first-order valence-corrected chi connectivity index (χ1v) is 15.7. The van der Waals surface area contributed by atoms with Gasteiger partial charge in [0.1, 0.15) is 11.2 Å². The van der Waals surface area contributed by atoms with Crippen molar-refractivity contribution in [3.05, 3.63) is 117 Å². The Morgan fingerprint density at radius 3 is 2.53 bits per heavy atom. The van der Waals surface area contributed by atoms with Gasteiger partial charge in [-0.15, -0.1) is 0 Å². The number of aryl methyl sites for hydroxylation is 1. The molecule has 0 saturated carbocycles. The molecule has 3 N–H and O–H groups in total. The van der Waals surface area contributed by atoms with Crippen LogP contribution in [0.25, 0.3) is 11.7 Å².